The van der Waals surface area contributed by atoms with Gasteiger partial charge in [0.1, 0.15) is 0 Å². The Hall–Kier alpha value is -2.85. The van der Waals surface area contributed by atoms with Crippen LogP contribution < -0.4 is 9.71 Å². The first-order chi connectivity index (χ1) is 14.8. The molecule has 12 heteroatoms. The summed E-state index contributed by atoms with van der Waals surface area (Å²) < 4.78 is 29.9. The second kappa shape index (κ2) is 7.38. The zero-order valence-electron chi connectivity index (χ0n) is 15.4. The Morgan fingerprint density at radius 3 is 2.55 bits per heavy atom. The predicted octanol–water partition coefficient (Wildman–Crippen LogP) is 4.48. The molecule has 5 aromatic rings. The Labute approximate surface area is 190 Å². The summed E-state index contributed by atoms with van der Waals surface area (Å²) in [5.74, 6) is 0.563. The number of aromatic nitrogens is 5. The predicted molar refractivity (Wildman–Crippen MR) is 120 cm³/mol. The number of hydrogen-bond acceptors (Lipinski definition) is 4. The van der Waals surface area contributed by atoms with Crippen molar-refractivity contribution in [2.75, 3.05) is 4.72 Å². The normalized spacial score (nSPS) is 12.0. The number of nitrogens with zero attached hydrogens (tertiary/aromatic N) is 3. The van der Waals surface area contributed by atoms with Crippen molar-refractivity contribution in [2.24, 2.45) is 0 Å². The smallest absolute Gasteiger partial charge is 0.298 e. The molecule has 3 heterocycles. The molecule has 0 aliphatic carbocycles. The van der Waals surface area contributed by atoms with Crippen molar-refractivity contribution in [3.8, 4) is 5.82 Å². The summed E-state index contributed by atoms with van der Waals surface area (Å²) in [6.07, 6.45) is 3.46. The molecule has 3 aromatic heterocycles. The molecule has 0 aliphatic rings. The fourth-order valence-electron chi connectivity index (χ4n) is 3.30. The Morgan fingerprint density at radius 1 is 1.00 bits per heavy atom. The van der Waals surface area contributed by atoms with E-state index < -0.39 is 10.0 Å². The van der Waals surface area contributed by atoms with Gasteiger partial charge >= 0.3 is 10.9 Å². The highest BCUT2D eigenvalue weighted by Gasteiger charge is 2.19. The average Bonchev–Trinajstić information content (AvgIpc) is 3.32. The number of halogens is 3. The summed E-state index contributed by atoms with van der Waals surface area (Å²) in [6.45, 7) is 0. The highest BCUT2D eigenvalue weighted by molar-refractivity contribution is 7.92. The maximum atomic E-state index is 12.8. The fourth-order valence-corrected chi connectivity index (χ4v) is 5.24. The molecule has 0 saturated carbocycles. The van der Waals surface area contributed by atoms with Crippen LogP contribution in [0.15, 0.2) is 59.9 Å². The van der Waals surface area contributed by atoms with E-state index in [0.717, 1.165) is 10.9 Å². The number of hydrogen-bond donors (Lipinski definition) is 2. The Bertz CT molecular complexity index is 1560. The van der Waals surface area contributed by atoms with E-state index in [2.05, 4.69) is 24.7 Å². The van der Waals surface area contributed by atoms with Crippen molar-refractivity contribution in [3.05, 3.63) is 70.3 Å². The minimum Gasteiger partial charge on any atom is -0.298 e. The van der Waals surface area contributed by atoms with E-state index in [9.17, 15) is 8.42 Å². The molecule has 3 N–H and O–H groups in total. The van der Waals surface area contributed by atoms with E-state index in [-0.39, 0.29) is 20.2 Å². The van der Waals surface area contributed by atoms with E-state index >= 15 is 0 Å². The van der Waals surface area contributed by atoms with E-state index in [1.165, 1.54) is 18.2 Å². The van der Waals surface area contributed by atoms with E-state index in [0.29, 0.717) is 22.7 Å². The molecule has 31 heavy (non-hydrogen) atoms. The van der Waals surface area contributed by atoms with Crippen LogP contribution in [0.3, 0.4) is 0 Å². The largest absolute Gasteiger partial charge is 0.306 e. The summed E-state index contributed by atoms with van der Waals surface area (Å²) >= 11 is 17.9. The van der Waals surface area contributed by atoms with Gasteiger partial charge in [0.15, 0.2) is 12.1 Å². The van der Waals surface area contributed by atoms with Crippen LogP contribution in [0.5, 0.6) is 0 Å². The molecule has 0 amide bonds. The van der Waals surface area contributed by atoms with Gasteiger partial charge < -0.3 is 0 Å². The van der Waals surface area contributed by atoms with Crippen molar-refractivity contribution < 1.29 is 13.4 Å². The Kier molecular flexibility index (Phi) is 4.78. The minimum atomic E-state index is -3.87. The van der Waals surface area contributed by atoms with Crippen LogP contribution in [0.1, 0.15) is 0 Å². The molecule has 0 radical (unpaired) electrons. The quantitative estimate of drug-likeness (QED) is 0.359. The van der Waals surface area contributed by atoms with Crippen LogP contribution in [0.2, 0.25) is 15.3 Å². The summed E-state index contributed by atoms with van der Waals surface area (Å²) in [4.78, 5) is 14.5. The number of imidazole rings is 1. The molecule has 0 atom stereocenters. The highest BCUT2D eigenvalue weighted by Crippen LogP contribution is 2.28. The van der Waals surface area contributed by atoms with E-state index in [1.54, 1.807) is 24.5 Å². The third-order valence-electron chi connectivity index (χ3n) is 4.61. The topological polar surface area (TPSA) is 107 Å². The fraction of sp³-hybridized carbons (Fsp3) is 0. The molecule has 8 nitrogen and oxygen atoms in total. The van der Waals surface area contributed by atoms with Crippen LogP contribution in [-0.2, 0) is 10.0 Å². The summed E-state index contributed by atoms with van der Waals surface area (Å²) in [5.41, 5.74) is 2.45. The maximum Gasteiger partial charge on any atom is 0.306 e. The molecule has 0 aliphatic heterocycles. The standard InChI is InChI=1S/C19H11Cl3N6O2S/c20-11-6-12(21)8-14(7-11)31(29,30)27-13-1-2-15-10(5-13)3-4-28(15)18-16-17(24-9-23-16)25-19(22)26-18/h1-9,27H,(H,23,24,25,26)/p+1. The number of H-pyrrole nitrogens is 2. The number of benzene rings is 2. The number of anilines is 1. The van der Waals surface area contributed by atoms with Gasteiger partial charge in [0.05, 0.1) is 10.4 Å². The van der Waals surface area contributed by atoms with Crippen LogP contribution in [0, 0.1) is 0 Å². The molecule has 0 fully saturated rings. The molecule has 0 unspecified atom stereocenters. The summed E-state index contributed by atoms with van der Waals surface area (Å²) in [5, 5.41) is 1.36. The van der Waals surface area contributed by atoms with Crippen LogP contribution in [-0.4, -0.2) is 27.9 Å². The molecular formula is C19H12Cl3N6O2S+. The molecule has 0 saturated heterocycles. The monoisotopic (exact) mass is 493 g/mol. The van der Waals surface area contributed by atoms with Crippen molar-refractivity contribution in [3.63, 3.8) is 0 Å². The lowest BCUT2D eigenvalue weighted by atomic mass is 10.2. The second-order valence-corrected chi connectivity index (χ2v) is 9.54. The lowest BCUT2D eigenvalue weighted by Gasteiger charge is -2.10. The second-order valence-electron chi connectivity index (χ2n) is 6.64. The number of fused-ring (bicyclic) bond motifs is 2. The number of rotatable bonds is 4. The van der Waals surface area contributed by atoms with Crippen LogP contribution in [0.4, 0.5) is 5.69 Å². The summed E-state index contributed by atoms with van der Waals surface area (Å²) in [6, 6.07) is 11.1. The van der Waals surface area contributed by atoms with Crippen LogP contribution in [0.25, 0.3) is 27.9 Å². The van der Waals surface area contributed by atoms with Gasteiger partial charge in [0.25, 0.3) is 10.0 Å². The first-order valence-corrected chi connectivity index (χ1v) is 11.4. The van der Waals surface area contributed by atoms with Gasteiger partial charge in [-0.3, -0.25) is 14.3 Å². The first kappa shape index (κ1) is 20.1. The first-order valence-electron chi connectivity index (χ1n) is 8.83. The number of aromatic amines is 2. The van der Waals surface area contributed by atoms with Crippen molar-refractivity contribution in [2.45, 2.75) is 4.90 Å². The van der Waals surface area contributed by atoms with Crippen molar-refractivity contribution >= 4 is 72.6 Å². The van der Waals surface area contributed by atoms with Gasteiger partial charge in [0, 0.05) is 27.3 Å². The third kappa shape index (κ3) is 3.70. The molecule has 2 aromatic carbocycles. The molecule has 5 rings (SSSR count). The van der Waals surface area contributed by atoms with Crippen molar-refractivity contribution in [1.29, 1.82) is 0 Å². The Morgan fingerprint density at radius 2 is 1.77 bits per heavy atom. The minimum absolute atomic E-state index is 0.0244. The van der Waals surface area contributed by atoms with Gasteiger partial charge in [0.2, 0.25) is 5.52 Å². The number of nitrogens with one attached hydrogen (secondary N) is 3. The summed E-state index contributed by atoms with van der Waals surface area (Å²) in [7, 11) is -3.87. The Balaban J connectivity index is 1.54. The van der Waals surface area contributed by atoms with Gasteiger partial charge in [-0.1, -0.05) is 28.2 Å². The molecule has 156 valence electrons. The van der Waals surface area contributed by atoms with Crippen LogP contribution >= 0.6 is 34.8 Å². The zero-order chi connectivity index (χ0) is 21.8. The molecule has 0 bridgehead atoms. The average molecular weight is 495 g/mol. The van der Waals surface area contributed by atoms with E-state index in [1.807, 2.05) is 16.8 Å². The lowest BCUT2D eigenvalue weighted by molar-refractivity contribution is -0.347. The molecule has 0 spiro atoms. The third-order valence-corrected chi connectivity index (χ3v) is 6.57. The molecular weight excluding hydrogens is 483 g/mol. The van der Waals surface area contributed by atoms with Gasteiger partial charge in [-0.15, -0.1) is 0 Å². The lowest BCUT2D eigenvalue weighted by Crippen LogP contribution is -2.13. The number of sulfonamides is 1. The van der Waals surface area contributed by atoms with E-state index in [4.69, 9.17) is 34.8 Å². The van der Waals surface area contributed by atoms with Crippen molar-refractivity contribution in [1.82, 2.24) is 19.5 Å². The van der Waals surface area contributed by atoms with Gasteiger partial charge in [-0.25, -0.2) is 13.4 Å². The zero-order valence-corrected chi connectivity index (χ0v) is 18.5. The highest BCUT2D eigenvalue weighted by atomic mass is 35.5. The van der Waals surface area contributed by atoms with Gasteiger partial charge in [-0.05, 0) is 54.1 Å². The maximum absolute atomic E-state index is 12.8. The SMILES string of the molecule is O=S(=O)(Nc1ccc2c(ccn2-c2nc(Cl)nc3[nH+]c[nH]c23)c1)c1cc(Cl)cc(Cl)c1. The van der Waals surface area contributed by atoms with Gasteiger partial charge in [-0.2, -0.15) is 4.98 Å².